The lowest BCUT2D eigenvalue weighted by Crippen LogP contribution is -2.47. The van der Waals surface area contributed by atoms with Crippen molar-refractivity contribution in [3.8, 4) is 0 Å². The highest BCUT2D eigenvalue weighted by molar-refractivity contribution is 5.92. The quantitative estimate of drug-likeness (QED) is 0.346. The number of rotatable bonds is 8. The van der Waals surface area contributed by atoms with Crippen LogP contribution in [0.3, 0.4) is 0 Å². The molecule has 0 unspecified atom stereocenters. The number of carbonyl (C=O) groups is 2. The van der Waals surface area contributed by atoms with Gasteiger partial charge >= 0.3 is 6.18 Å². The van der Waals surface area contributed by atoms with Crippen LogP contribution in [0.1, 0.15) is 79.9 Å². The third-order valence-corrected chi connectivity index (χ3v) is 9.29. The number of hydrogen-bond acceptors (Lipinski definition) is 8. The van der Waals surface area contributed by atoms with Crippen molar-refractivity contribution >= 4 is 23.4 Å². The zero-order valence-electron chi connectivity index (χ0n) is 26.1. The number of hydrogen-bond donors (Lipinski definition) is 2. The van der Waals surface area contributed by atoms with Crippen LogP contribution in [0, 0.1) is 17.8 Å². The molecule has 3 fully saturated rings. The van der Waals surface area contributed by atoms with Gasteiger partial charge in [0.05, 0.1) is 37.1 Å². The molecule has 2 aliphatic heterocycles. The van der Waals surface area contributed by atoms with Gasteiger partial charge in [0, 0.05) is 57.1 Å². The molecule has 12 nitrogen and oxygen atoms in total. The van der Waals surface area contributed by atoms with Crippen LogP contribution in [0.15, 0.2) is 18.5 Å². The number of nitrogens with zero attached hydrogens (tertiary/aromatic N) is 7. The number of fused-ring (bicyclic) bond motifs is 1. The number of piperidine rings is 1. The summed E-state index contributed by atoms with van der Waals surface area (Å²) in [4.78, 5) is 37.6. The molecule has 2 N–H and O–H groups in total. The number of amides is 2. The second kappa shape index (κ2) is 13.0. The number of carbonyl (C=O) groups excluding carboxylic acids is 2. The third kappa shape index (κ3) is 7.18. The van der Waals surface area contributed by atoms with Gasteiger partial charge in [0.1, 0.15) is 11.4 Å². The van der Waals surface area contributed by atoms with Crippen molar-refractivity contribution in [3.63, 3.8) is 0 Å². The lowest BCUT2D eigenvalue weighted by Gasteiger charge is -2.33. The summed E-state index contributed by atoms with van der Waals surface area (Å²) in [7, 11) is 0. The van der Waals surface area contributed by atoms with Crippen molar-refractivity contribution in [2.75, 3.05) is 37.7 Å². The molecular weight excluding hydrogens is 629 g/mol. The summed E-state index contributed by atoms with van der Waals surface area (Å²) in [5, 5.41) is 14.3. The van der Waals surface area contributed by atoms with E-state index in [2.05, 4.69) is 15.7 Å². The van der Waals surface area contributed by atoms with Gasteiger partial charge < -0.3 is 20.3 Å². The summed E-state index contributed by atoms with van der Waals surface area (Å²) in [6.07, 6.45) is -2.19. The van der Waals surface area contributed by atoms with E-state index in [0.717, 1.165) is 0 Å². The normalized spacial score (nSPS) is 23.2. The summed E-state index contributed by atoms with van der Waals surface area (Å²) in [5.74, 6) is -6.17. The molecule has 3 atom stereocenters. The highest BCUT2D eigenvalue weighted by Gasteiger charge is 2.45. The van der Waals surface area contributed by atoms with Gasteiger partial charge in [-0.15, -0.1) is 0 Å². The van der Waals surface area contributed by atoms with Gasteiger partial charge in [-0.3, -0.25) is 14.3 Å². The average Bonchev–Trinajstić information content (AvgIpc) is 3.68. The van der Waals surface area contributed by atoms with Gasteiger partial charge in [-0.1, -0.05) is 0 Å². The van der Waals surface area contributed by atoms with E-state index in [0.29, 0.717) is 49.2 Å². The maximum absolute atomic E-state index is 14.2. The minimum Gasteiger partial charge on any atom is -0.378 e. The standard InChI is InChI=1S/C30H38F5N9O3/c1-17(2)44-23(5-8-37-44)27(46)39-24(18-3-6-29(31,32)7-4-18)22-16-43-28(38-22)40-25(42-9-11-47-12-10-42)21(41-43)14-19-13-20(30(33,34)35)15-36-26(19)45/h5,8,16-20,24H,3-4,6-7,9-15H2,1-2H3,(H,36,45)(H,39,46)/t19-,20-,24+/m1/s1. The van der Waals surface area contributed by atoms with E-state index in [1.165, 1.54) is 10.7 Å². The van der Waals surface area contributed by atoms with Crippen molar-refractivity contribution in [2.24, 2.45) is 17.8 Å². The minimum absolute atomic E-state index is 0.0847. The molecule has 0 spiro atoms. The maximum Gasteiger partial charge on any atom is 0.393 e. The molecule has 2 saturated heterocycles. The van der Waals surface area contributed by atoms with Gasteiger partial charge in [-0.25, -0.2) is 18.3 Å². The van der Waals surface area contributed by atoms with Gasteiger partial charge in [-0.2, -0.15) is 28.4 Å². The van der Waals surface area contributed by atoms with Crippen LogP contribution in [0.5, 0.6) is 0 Å². The van der Waals surface area contributed by atoms with E-state index < -0.39 is 48.3 Å². The first kappa shape index (κ1) is 33.0. The number of anilines is 1. The van der Waals surface area contributed by atoms with Gasteiger partial charge in [0.15, 0.2) is 5.82 Å². The third-order valence-electron chi connectivity index (χ3n) is 9.29. The number of imidazole rings is 1. The van der Waals surface area contributed by atoms with E-state index in [1.54, 1.807) is 16.9 Å². The number of morpholine rings is 1. The van der Waals surface area contributed by atoms with Crippen LogP contribution in [0.4, 0.5) is 27.8 Å². The molecule has 47 heavy (non-hydrogen) atoms. The lowest BCUT2D eigenvalue weighted by molar-refractivity contribution is -0.183. The Morgan fingerprint density at radius 1 is 1.17 bits per heavy atom. The van der Waals surface area contributed by atoms with Crippen molar-refractivity contribution in [1.29, 1.82) is 0 Å². The molecule has 6 rings (SSSR count). The maximum atomic E-state index is 14.2. The Hall–Kier alpha value is -3.89. The largest absolute Gasteiger partial charge is 0.393 e. The first-order valence-corrected chi connectivity index (χ1v) is 15.9. The molecule has 0 radical (unpaired) electrons. The van der Waals surface area contributed by atoms with Crippen molar-refractivity contribution in [3.05, 3.63) is 35.5 Å². The zero-order valence-corrected chi connectivity index (χ0v) is 26.1. The molecular formula is C30H38F5N9O3. The zero-order chi connectivity index (χ0) is 33.5. The Balaban J connectivity index is 1.36. The molecule has 1 aliphatic carbocycles. The fourth-order valence-corrected chi connectivity index (χ4v) is 6.68. The Morgan fingerprint density at radius 2 is 1.89 bits per heavy atom. The van der Waals surface area contributed by atoms with E-state index in [9.17, 15) is 31.5 Å². The fourth-order valence-electron chi connectivity index (χ4n) is 6.68. The Labute approximate surface area is 267 Å². The molecule has 1 saturated carbocycles. The van der Waals surface area contributed by atoms with Crippen LogP contribution < -0.4 is 15.5 Å². The predicted octanol–water partition coefficient (Wildman–Crippen LogP) is 3.89. The van der Waals surface area contributed by atoms with Crippen LogP contribution >= 0.6 is 0 Å². The highest BCUT2D eigenvalue weighted by Crippen LogP contribution is 2.41. The number of alkyl halides is 5. The van der Waals surface area contributed by atoms with E-state index in [-0.39, 0.29) is 56.3 Å². The molecule has 5 heterocycles. The Kier molecular flexibility index (Phi) is 9.11. The smallest absolute Gasteiger partial charge is 0.378 e. The summed E-state index contributed by atoms with van der Waals surface area (Å²) < 4.78 is 77.5. The van der Waals surface area contributed by atoms with E-state index in [1.807, 2.05) is 18.7 Å². The number of halogens is 5. The molecule has 0 aromatic carbocycles. The molecule has 2 amide bonds. The van der Waals surface area contributed by atoms with Crippen LogP contribution in [-0.4, -0.2) is 86.1 Å². The van der Waals surface area contributed by atoms with Crippen LogP contribution in [0.25, 0.3) is 5.78 Å². The Morgan fingerprint density at radius 3 is 2.57 bits per heavy atom. The highest BCUT2D eigenvalue weighted by atomic mass is 19.4. The number of aromatic nitrogens is 6. The van der Waals surface area contributed by atoms with Gasteiger partial charge in [-0.05, 0) is 45.1 Å². The number of ether oxygens (including phenoxy) is 1. The molecule has 17 heteroatoms. The van der Waals surface area contributed by atoms with Crippen molar-refractivity contribution in [2.45, 2.75) is 76.6 Å². The van der Waals surface area contributed by atoms with Crippen molar-refractivity contribution in [1.82, 2.24) is 40.0 Å². The molecule has 0 bridgehead atoms. The van der Waals surface area contributed by atoms with Gasteiger partial charge in [0.25, 0.3) is 11.7 Å². The summed E-state index contributed by atoms with van der Waals surface area (Å²) in [6, 6.07) is 0.722. The van der Waals surface area contributed by atoms with Crippen molar-refractivity contribution < 1.29 is 36.3 Å². The monoisotopic (exact) mass is 667 g/mol. The summed E-state index contributed by atoms with van der Waals surface area (Å²) in [6.45, 7) is 5.00. The fraction of sp³-hybridized carbons (Fsp3) is 0.667. The van der Waals surface area contributed by atoms with Crippen LogP contribution in [-0.2, 0) is 16.0 Å². The molecule has 3 aromatic rings. The molecule has 3 aliphatic rings. The first-order chi connectivity index (χ1) is 22.3. The first-order valence-electron chi connectivity index (χ1n) is 15.9. The molecule has 256 valence electrons. The van der Waals surface area contributed by atoms with Gasteiger partial charge in [0.2, 0.25) is 11.8 Å². The average molecular weight is 668 g/mol. The van der Waals surface area contributed by atoms with Crippen LogP contribution in [0.2, 0.25) is 0 Å². The van der Waals surface area contributed by atoms with E-state index in [4.69, 9.17) is 19.8 Å². The second-order valence-corrected chi connectivity index (χ2v) is 12.9. The SMILES string of the molecule is CC(C)n1nccc1C(=O)N[C@H](c1cn2nc(C[C@H]3C[C@@H](C(F)(F)F)CNC3=O)c(N3CCOCC3)nc2n1)C1CCC(F)(F)CC1. The summed E-state index contributed by atoms with van der Waals surface area (Å²) in [5.41, 5.74) is 0.998. The lowest BCUT2D eigenvalue weighted by atomic mass is 9.81. The minimum atomic E-state index is -4.46. The second-order valence-electron chi connectivity index (χ2n) is 12.9. The predicted molar refractivity (Wildman–Crippen MR) is 158 cm³/mol. The topological polar surface area (TPSA) is 132 Å². The number of nitrogens with one attached hydrogen (secondary N) is 2. The summed E-state index contributed by atoms with van der Waals surface area (Å²) >= 11 is 0. The molecule has 3 aromatic heterocycles. The Bertz CT molecular complexity index is 1590. The van der Waals surface area contributed by atoms with E-state index >= 15 is 0 Å².